The number of amides is 2. The standard InChI is InChI=1S/C18H15ClN2O2/c19-13-4-2-1-3-10(13)9-20-21-16(22)14-11-5-6-12(15(14)17(21)23)18(11)7-8-18/h1-6,9,11-12,14-15H,7-8H2/b20-9-/t11-,12+,14-,15-/m0/s1. The minimum atomic E-state index is -0.205. The molecule has 0 aromatic heterocycles. The van der Waals surface area contributed by atoms with Crippen LogP contribution in [-0.2, 0) is 9.59 Å². The van der Waals surface area contributed by atoms with Crippen molar-refractivity contribution in [2.45, 2.75) is 12.8 Å². The van der Waals surface area contributed by atoms with E-state index >= 15 is 0 Å². The van der Waals surface area contributed by atoms with Crippen LogP contribution in [0.5, 0.6) is 0 Å². The molecule has 5 heteroatoms. The molecule has 1 heterocycles. The van der Waals surface area contributed by atoms with E-state index in [9.17, 15) is 9.59 Å². The molecular weight excluding hydrogens is 312 g/mol. The molecule has 0 radical (unpaired) electrons. The lowest BCUT2D eigenvalue weighted by Gasteiger charge is -2.18. The Morgan fingerprint density at radius 2 is 1.70 bits per heavy atom. The van der Waals surface area contributed by atoms with E-state index in [2.05, 4.69) is 17.3 Å². The van der Waals surface area contributed by atoms with E-state index in [-0.39, 0.29) is 40.9 Å². The van der Waals surface area contributed by atoms with Crippen LogP contribution < -0.4 is 0 Å². The minimum absolute atomic E-state index is 0.147. The largest absolute Gasteiger partial charge is 0.272 e. The fourth-order valence-corrected chi connectivity index (χ4v) is 5.06. The first kappa shape index (κ1) is 13.5. The Bertz CT molecular complexity index is 762. The zero-order valence-corrected chi connectivity index (χ0v) is 13.1. The fourth-order valence-electron chi connectivity index (χ4n) is 4.88. The summed E-state index contributed by atoms with van der Waals surface area (Å²) in [5.41, 5.74) is 0.922. The number of carbonyl (C=O) groups is 2. The summed E-state index contributed by atoms with van der Waals surface area (Å²) in [5, 5.41) is 5.78. The monoisotopic (exact) mass is 326 g/mol. The molecule has 1 aliphatic heterocycles. The average Bonchev–Trinajstić information content (AvgIpc) is 3.15. The minimum Gasteiger partial charge on any atom is -0.272 e. The van der Waals surface area contributed by atoms with E-state index in [1.165, 1.54) is 6.21 Å². The van der Waals surface area contributed by atoms with Crippen molar-refractivity contribution in [3.05, 3.63) is 47.0 Å². The predicted molar refractivity (Wildman–Crippen MR) is 85.7 cm³/mol. The van der Waals surface area contributed by atoms with Gasteiger partial charge in [0, 0.05) is 10.6 Å². The first-order valence-corrected chi connectivity index (χ1v) is 8.36. The molecule has 0 N–H and O–H groups in total. The number of fused-ring (bicyclic) bond motifs is 3. The lowest BCUT2D eigenvalue weighted by molar-refractivity contribution is -0.141. The second kappa shape index (κ2) is 4.32. The zero-order chi connectivity index (χ0) is 15.8. The van der Waals surface area contributed by atoms with E-state index in [0.717, 1.165) is 17.9 Å². The molecule has 1 aromatic rings. The summed E-state index contributed by atoms with van der Waals surface area (Å²) < 4.78 is 0. The van der Waals surface area contributed by atoms with E-state index in [0.29, 0.717) is 10.6 Å². The molecule has 23 heavy (non-hydrogen) atoms. The van der Waals surface area contributed by atoms with Crippen LogP contribution in [0.15, 0.2) is 41.5 Å². The smallest absolute Gasteiger partial charge is 0.254 e. The number of imide groups is 1. The molecule has 2 bridgehead atoms. The molecule has 4 aliphatic rings. The number of carbonyl (C=O) groups excluding carboxylic acids is 2. The highest BCUT2D eigenvalue weighted by atomic mass is 35.5. The molecule has 5 rings (SSSR count). The van der Waals surface area contributed by atoms with Crippen molar-refractivity contribution in [2.24, 2.45) is 34.2 Å². The normalized spacial score (nSPS) is 35.8. The van der Waals surface area contributed by atoms with Crippen molar-refractivity contribution in [3.8, 4) is 0 Å². The van der Waals surface area contributed by atoms with Gasteiger partial charge in [0.2, 0.25) is 0 Å². The summed E-state index contributed by atoms with van der Waals surface area (Å²) in [6, 6.07) is 7.24. The average molecular weight is 327 g/mol. The molecule has 116 valence electrons. The van der Waals surface area contributed by atoms with Gasteiger partial charge >= 0.3 is 0 Å². The molecule has 0 unspecified atom stereocenters. The van der Waals surface area contributed by atoms with Gasteiger partial charge in [-0.05, 0) is 36.2 Å². The predicted octanol–water partition coefficient (Wildman–Crippen LogP) is 2.87. The van der Waals surface area contributed by atoms with Gasteiger partial charge in [-0.1, -0.05) is 42.0 Å². The van der Waals surface area contributed by atoms with Crippen LogP contribution in [-0.4, -0.2) is 23.0 Å². The molecule has 2 saturated carbocycles. The number of rotatable bonds is 2. The van der Waals surface area contributed by atoms with E-state index in [4.69, 9.17) is 11.6 Å². The Kier molecular flexibility index (Phi) is 2.54. The molecule has 3 fully saturated rings. The van der Waals surface area contributed by atoms with Crippen LogP contribution in [0.3, 0.4) is 0 Å². The molecular formula is C18H15ClN2O2. The summed E-state index contributed by atoms with van der Waals surface area (Å²) >= 11 is 6.09. The van der Waals surface area contributed by atoms with Crippen molar-refractivity contribution in [1.82, 2.24) is 5.01 Å². The van der Waals surface area contributed by atoms with Gasteiger partial charge in [0.05, 0.1) is 18.1 Å². The lowest BCUT2D eigenvalue weighted by Crippen LogP contribution is -2.30. The highest BCUT2D eigenvalue weighted by Gasteiger charge is 2.73. The Morgan fingerprint density at radius 3 is 2.26 bits per heavy atom. The molecule has 4 nitrogen and oxygen atoms in total. The van der Waals surface area contributed by atoms with Gasteiger partial charge in [0.25, 0.3) is 11.8 Å². The Labute approximate surface area is 138 Å². The van der Waals surface area contributed by atoms with Gasteiger partial charge in [-0.25, -0.2) is 0 Å². The molecule has 3 aliphatic carbocycles. The van der Waals surface area contributed by atoms with Crippen molar-refractivity contribution < 1.29 is 9.59 Å². The zero-order valence-electron chi connectivity index (χ0n) is 12.4. The topological polar surface area (TPSA) is 49.7 Å². The van der Waals surface area contributed by atoms with Crippen molar-refractivity contribution >= 4 is 29.6 Å². The SMILES string of the molecule is O=C1[C@@H]2[C@@H](C(=O)N1/N=C\c1ccccc1Cl)[C@@H]1C=C[C@H]2C12CC2. The molecule has 2 amide bonds. The van der Waals surface area contributed by atoms with Gasteiger partial charge in [-0.15, -0.1) is 0 Å². The first-order valence-electron chi connectivity index (χ1n) is 7.98. The number of allylic oxidation sites excluding steroid dienone is 2. The fraction of sp³-hybridized carbons (Fsp3) is 0.389. The summed E-state index contributed by atoms with van der Waals surface area (Å²) in [7, 11) is 0. The summed E-state index contributed by atoms with van der Waals surface area (Å²) in [4.78, 5) is 25.5. The summed E-state index contributed by atoms with van der Waals surface area (Å²) in [5.74, 6) is -0.242. The molecule has 1 spiro atoms. The highest BCUT2D eigenvalue weighted by Crippen LogP contribution is 2.73. The lowest BCUT2D eigenvalue weighted by atomic mass is 9.85. The quantitative estimate of drug-likeness (QED) is 0.476. The van der Waals surface area contributed by atoms with Crippen molar-refractivity contribution in [3.63, 3.8) is 0 Å². The summed E-state index contributed by atoms with van der Waals surface area (Å²) in [6.07, 6.45) is 8.11. The Morgan fingerprint density at radius 1 is 1.09 bits per heavy atom. The maximum atomic E-state index is 12.7. The van der Waals surface area contributed by atoms with Gasteiger partial charge in [-0.2, -0.15) is 10.1 Å². The molecule has 1 aromatic carbocycles. The number of hydrazone groups is 1. The van der Waals surface area contributed by atoms with Crippen LogP contribution in [0.4, 0.5) is 0 Å². The number of halogens is 1. The third-order valence-corrected chi connectivity index (χ3v) is 6.39. The van der Waals surface area contributed by atoms with E-state index < -0.39 is 0 Å². The highest BCUT2D eigenvalue weighted by molar-refractivity contribution is 6.33. The van der Waals surface area contributed by atoms with Crippen LogP contribution >= 0.6 is 11.6 Å². The Balaban J connectivity index is 1.46. The van der Waals surface area contributed by atoms with Gasteiger partial charge < -0.3 is 0 Å². The maximum Gasteiger partial charge on any atom is 0.254 e. The number of hydrogen-bond acceptors (Lipinski definition) is 3. The van der Waals surface area contributed by atoms with Crippen molar-refractivity contribution in [1.29, 1.82) is 0 Å². The third kappa shape index (κ3) is 1.59. The molecule has 4 atom stereocenters. The van der Waals surface area contributed by atoms with Gasteiger partial charge in [-0.3, -0.25) is 9.59 Å². The second-order valence-electron chi connectivity index (χ2n) is 6.98. The van der Waals surface area contributed by atoms with Crippen molar-refractivity contribution in [2.75, 3.05) is 0 Å². The molecule has 1 saturated heterocycles. The maximum absolute atomic E-state index is 12.7. The first-order chi connectivity index (χ1) is 11.1. The number of nitrogens with zero attached hydrogens (tertiary/aromatic N) is 2. The van der Waals surface area contributed by atoms with Gasteiger partial charge in [0.15, 0.2) is 0 Å². The number of benzene rings is 1. The van der Waals surface area contributed by atoms with Crippen LogP contribution in [0.2, 0.25) is 5.02 Å². The Hall–Kier alpha value is -1.94. The number of hydrogen-bond donors (Lipinski definition) is 0. The van der Waals surface area contributed by atoms with Gasteiger partial charge in [0.1, 0.15) is 0 Å². The van der Waals surface area contributed by atoms with E-state index in [1.807, 2.05) is 18.2 Å². The summed E-state index contributed by atoms with van der Waals surface area (Å²) in [6.45, 7) is 0. The third-order valence-electron chi connectivity index (χ3n) is 6.05. The van der Waals surface area contributed by atoms with Crippen LogP contribution in [0.1, 0.15) is 18.4 Å². The second-order valence-corrected chi connectivity index (χ2v) is 7.38. The van der Waals surface area contributed by atoms with Crippen LogP contribution in [0, 0.1) is 29.1 Å². The van der Waals surface area contributed by atoms with E-state index in [1.54, 1.807) is 6.07 Å². The van der Waals surface area contributed by atoms with Crippen LogP contribution in [0.25, 0.3) is 0 Å².